The van der Waals surface area contributed by atoms with Crippen molar-refractivity contribution in [2.45, 2.75) is 52.4 Å². The van der Waals surface area contributed by atoms with Gasteiger partial charge in [-0.05, 0) is 34.6 Å². The first-order chi connectivity index (χ1) is 14.2. The number of aryl methyl sites for hydroxylation is 1. The van der Waals surface area contributed by atoms with E-state index in [0.717, 1.165) is 47.3 Å². The molecule has 9 nitrogen and oxygen atoms in total. The van der Waals surface area contributed by atoms with Gasteiger partial charge in [-0.15, -0.1) is 0 Å². The molecule has 1 fully saturated rings. The zero-order valence-electron chi connectivity index (χ0n) is 18.1. The second kappa shape index (κ2) is 6.68. The standard InChI is InChI=1S/C21H27N7O2/c1-13-22-10-14(11-23-13)16-25-17(27-6-8-29-20(2,3)12-27)15-18(26-16)28-7-9-30-21(4,5)19(28)24-15/h10-11H,6-9,12H2,1-5H3. The van der Waals surface area contributed by atoms with E-state index in [1.165, 1.54) is 0 Å². The molecule has 158 valence electrons. The molecule has 2 aliphatic rings. The first-order valence-corrected chi connectivity index (χ1v) is 10.3. The molecule has 0 unspecified atom stereocenters. The molecule has 30 heavy (non-hydrogen) atoms. The van der Waals surface area contributed by atoms with Gasteiger partial charge in [0.05, 0.1) is 24.4 Å². The molecule has 0 radical (unpaired) electrons. The van der Waals surface area contributed by atoms with Crippen molar-refractivity contribution in [2.24, 2.45) is 0 Å². The highest BCUT2D eigenvalue weighted by Gasteiger charge is 2.36. The molecule has 2 aliphatic heterocycles. The molecule has 0 aliphatic carbocycles. The van der Waals surface area contributed by atoms with Crippen LogP contribution in [0.1, 0.15) is 39.3 Å². The van der Waals surface area contributed by atoms with Gasteiger partial charge in [-0.3, -0.25) is 0 Å². The van der Waals surface area contributed by atoms with Gasteiger partial charge in [0.2, 0.25) is 0 Å². The molecule has 5 rings (SSSR count). The summed E-state index contributed by atoms with van der Waals surface area (Å²) in [6.07, 6.45) is 3.55. The summed E-state index contributed by atoms with van der Waals surface area (Å²) >= 11 is 0. The van der Waals surface area contributed by atoms with Gasteiger partial charge in [-0.25, -0.2) is 24.9 Å². The van der Waals surface area contributed by atoms with Crippen LogP contribution in [0.5, 0.6) is 0 Å². The molecule has 0 atom stereocenters. The third kappa shape index (κ3) is 3.22. The Kier molecular flexibility index (Phi) is 4.30. The van der Waals surface area contributed by atoms with Crippen LogP contribution in [0, 0.1) is 6.92 Å². The number of morpholine rings is 1. The van der Waals surface area contributed by atoms with Crippen LogP contribution >= 0.6 is 0 Å². The maximum absolute atomic E-state index is 5.98. The number of rotatable bonds is 2. The largest absolute Gasteiger partial charge is 0.372 e. The Morgan fingerprint density at radius 2 is 1.67 bits per heavy atom. The molecule has 0 amide bonds. The summed E-state index contributed by atoms with van der Waals surface area (Å²) in [6, 6.07) is 0. The fraction of sp³-hybridized carbons (Fsp3) is 0.571. The lowest BCUT2D eigenvalue weighted by atomic mass is 10.1. The van der Waals surface area contributed by atoms with Gasteiger partial charge in [0.25, 0.3) is 0 Å². The molecule has 0 spiro atoms. The highest BCUT2D eigenvalue weighted by atomic mass is 16.5. The lowest BCUT2D eigenvalue weighted by Crippen LogP contribution is -2.48. The molecule has 3 aromatic heterocycles. The van der Waals surface area contributed by atoms with Crippen molar-refractivity contribution in [3.05, 3.63) is 24.0 Å². The zero-order chi connectivity index (χ0) is 21.1. The van der Waals surface area contributed by atoms with Gasteiger partial charge in [-0.1, -0.05) is 0 Å². The molecule has 3 aromatic rings. The predicted octanol–water partition coefficient (Wildman–Crippen LogP) is 2.47. The number of hydrogen-bond donors (Lipinski definition) is 0. The Balaban J connectivity index is 1.74. The predicted molar refractivity (Wildman–Crippen MR) is 112 cm³/mol. The summed E-state index contributed by atoms with van der Waals surface area (Å²) in [5, 5.41) is 0. The van der Waals surface area contributed by atoms with Gasteiger partial charge in [0.1, 0.15) is 17.2 Å². The smallest absolute Gasteiger partial charge is 0.167 e. The van der Waals surface area contributed by atoms with Gasteiger partial charge in [0.15, 0.2) is 22.8 Å². The van der Waals surface area contributed by atoms with Crippen molar-refractivity contribution in [3.63, 3.8) is 0 Å². The van der Waals surface area contributed by atoms with Crippen molar-refractivity contribution in [1.29, 1.82) is 0 Å². The molecule has 0 bridgehead atoms. The van der Waals surface area contributed by atoms with E-state index >= 15 is 0 Å². The number of fused-ring (bicyclic) bond motifs is 3. The zero-order valence-corrected chi connectivity index (χ0v) is 18.1. The minimum absolute atomic E-state index is 0.260. The minimum atomic E-state index is -0.479. The molecular formula is C21H27N7O2. The SMILES string of the molecule is Cc1ncc(-c2nc(N3CCOC(C)(C)C3)c3nc4n(c3n2)CCOC4(C)C)cn1. The van der Waals surface area contributed by atoms with E-state index in [0.29, 0.717) is 25.6 Å². The van der Waals surface area contributed by atoms with E-state index in [-0.39, 0.29) is 5.60 Å². The Morgan fingerprint density at radius 1 is 0.933 bits per heavy atom. The van der Waals surface area contributed by atoms with Crippen molar-refractivity contribution < 1.29 is 9.47 Å². The average molecular weight is 409 g/mol. The average Bonchev–Trinajstić information content (AvgIpc) is 3.07. The van der Waals surface area contributed by atoms with Crippen LogP contribution in [-0.2, 0) is 21.6 Å². The molecule has 0 aromatic carbocycles. The first kappa shape index (κ1) is 19.3. The topological polar surface area (TPSA) is 91.1 Å². The van der Waals surface area contributed by atoms with E-state index in [4.69, 9.17) is 24.4 Å². The third-order valence-electron chi connectivity index (χ3n) is 5.66. The van der Waals surface area contributed by atoms with E-state index in [1.807, 2.05) is 20.8 Å². The molecule has 5 heterocycles. The fourth-order valence-electron chi connectivity index (χ4n) is 4.17. The van der Waals surface area contributed by atoms with Crippen LogP contribution in [0.3, 0.4) is 0 Å². The lowest BCUT2D eigenvalue weighted by Gasteiger charge is -2.38. The summed E-state index contributed by atoms with van der Waals surface area (Å²) < 4.78 is 14.1. The third-order valence-corrected chi connectivity index (χ3v) is 5.66. The van der Waals surface area contributed by atoms with Gasteiger partial charge in [-0.2, -0.15) is 0 Å². The highest BCUT2D eigenvalue weighted by molar-refractivity contribution is 5.86. The van der Waals surface area contributed by atoms with Crippen molar-refractivity contribution in [1.82, 2.24) is 29.5 Å². The fourth-order valence-corrected chi connectivity index (χ4v) is 4.17. The Morgan fingerprint density at radius 3 is 2.40 bits per heavy atom. The van der Waals surface area contributed by atoms with E-state index in [2.05, 4.69) is 33.3 Å². The van der Waals surface area contributed by atoms with Crippen LogP contribution in [-0.4, -0.2) is 61.4 Å². The first-order valence-electron chi connectivity index (χ1n) is 10.3. The van der Waals surface area contributed by atoms with Crippen molar-refractivity contribution in [2.75, 3.05) is 31.2 Å². The maximum atomic E-state index is 5.98. The van der Waals surface area contributed by atoms with Crippen LogP contribution in [0.2, 0.25) is 0 Å². The molecule has 1 saturated heterocycles. The van der Waals surface area contributed by atoms with E-state index in [9.17, 15) is 0 Å². The molecule has 0 N–H and O–H groups in total. The molecule has 9 heteroatoms. The Labute approximate surface area is 175 Å². The summed E-state index contributed by atoms with van der Waals surface area (Å²) in [5.74, 6) is 3.03. The van der Waals surface area contributed by atoms with Crippen molar-refractivity contribution in [3.8, 4) is 11.4 Å². The summed E-state index contributed by atoms with van der Waals surface area (Å²) in [4.78, 5) is 25.7. The van der Waals surface area contributed by atoms with Crippen molar-refractivity contribution >= 4 is 17.0 Å². The maximum Gasteiger partial charge on any atom is 0.167 e. The molecular weight excluding hydrogens is 382 g/mol. The summed E-state index contributed by atoms with van der Waals surface area (Å²) in [5.41, 5.74) is 1.68. The summed E-state index contributed by atoms with van der Waals surface area (Å²) in [6.45, 7) is 13.6. The van der Waals surface area contributed by atoms with Crippen LogP contribution in [0.15, 0.2) is 12.4 Å². The van der Waals surface area contributed by atoms with Crippen LogP contribution in [0.25, 0.3) is 22.6 Å². The number of ether oxygens (including phenoxy) is 2. The van der Waals surface area contributed by atoms with Gasteiger partial charge >= 0.3 is 0 Å². The summed E-state index contributed by atoms with van der Waals surface area (Å²) in [7, 11) is 0. The lowest BCUT2D eigenvalue weighted by molar-refractivity contribution is -0.0530. The number of hydrogen-bond acceptors (Lipinski definition) is 8. The second-order valence-electron chi connectivity index (χ2n) is 9.04. The number of imidazole rings is 1. The van der Waals surface area contributed by atoms with Crippen LogP contribution in [0.4, 0.5) is 5.82 Å². The van der Waals surface area contributed by atoms with E-state index < -0.39 is 5.60 Å². The highest BCUT2D eigenvalue weighted by Crippen LogP contribution is 2.35. The van der Waals surface area contributed by atoms with Crippen LogP contribution < -0.4 is 4.90 Å². The molecule has 0 saturated carbocycles. The van der Waals surface area contributed by atoms with E-state index in [1.54, 1.807) is 12.4 Å². The second-order valence-corrected chi connectivity index (χ2v) is 9.04. The number of nitrogens with zero attached hydrogens (tertiary/aromatic N) is 7. The monoisotopic (exact) mass is 409 g/mol. The quantitative estimate of drug-likeness (QED) is 0.638. The Hall–Kier alpha value is -2.65. The number of anilines is 1. The minimum Gasteiger partial charge on any atom is -0.372 e. The Bertz CT molecular complexity index is 1100. The normalized spacial score (nSPS) is 20.4. The van der Waals surface area contributed by atoms with Gasteiger partial charge < -0.3 is 18.9 Å². The number of aromatic nitrogens is 6. The van der Waals surface area contributed by atoms with Gasteiger partial charge in [0, 0.05) is 32.0 Å².